The Morgan fingerprint density at radius 1 is 1.24 bits per heavy atom. The number of hydrogen-bond acceptors (Lipinski definition) is 2. The summed E-state index contributed by atoms with van der Waals surface area (Å²) in [4.78, 5) is 14.8. The van der Waals surface area contributed by atoms with E-state index in [1.807, 2.05) is 29.2 Å². The van der Waals surface area contributed by atoms with Gasteiger partial charge in [0.1, 0.15) is 4.99 Å². The molecule has 21 heavy (non-hydrogen) atoms. The fraction of sp³-hybridized carbons (Fsp3) is 0.529. The van der Waals surface area contributed by atoms with Gasteiger partial charge in [0, 0.05) is 18.2 Å². The predicted molar refractivity (Wildman–Crippen MR) is 92.4 cm³/mol. The average Bonchev–Trinajstić information content (AvgIpc) is 2.43. The largest absolute Gasteiger partial charge is 0.389 e. The first kappa shape index (κ1) is 17.6. The molecular weight excluding hydrogens is 280 g/mol. The fourth-order valence-corrected chi connectivity index (χ4v) is 2.40. The molecule has 3 nitrogen and oxygen atoms in total. The number of unbranched alkanes of at least 4 members (excludes halogenated alkanes) is 2. The Morgan fingerprint density at radius 3 is 2.33 bits per heavy atom. The molecule has 0 aliphatic rings. The lowest BCUT2D eigenvalue weighted by Crippen LogP contribution is -2.38. The van der Waals surface area contributed by atoms with Crippen LogP contribution in [0.5, 0.6) is 0 Å². The van der Waals surface area contributed by atoms with Crippen molar-refractivity contribution in [2.75, 3.05) is 6.54 Å². The number of carbonyl (C=O) groups excluding carboxylic acids is 1. The minimum atomic E-state index is 0.184. The predicted octanol–water partition coefficient (Wildman–Crippen LogP) is 3.29. The van der Waals surface area contributed by atoms with Gasteiger partial charge in [-0.3, -0.25) is 4.79 Å². The molecule has 2 N–H and O–H groups in total. The van der Waals surface area contributed by atoms with Crippen LogP contribution in [0.25, 0.3) is 0 Å². The molecule has 0 aliphatic heterocycles. The van der Waals surface area contributed by atoms with Crippen molar-refractivity contribution in [1.82, 2.24) is 4.90 Å². The summed E-state index contributed by atoms with van der Waals surface area (Å²) >= 11 is 4.93. The Balaban J connectivity index is 2.65. The zero-order valence-corrected chi connectivity index (χ0v) is 14.1. The third-order valence-corrected chi connectivity index (χ3v) is 3.78. The summed E-state index contributed by atoms with van der Waals surface area (Å²) in [6, 6.07) is 7.85. The Bertz CT molecular complexity index is 468. The maximum Gasteiger partial charge on any atom is 0.227 e. The molecule has 0 unspecified atom stereocenters. The molecule has 0 saturated carbocycles. The Hall–Kier alpha value is -1.42. The number of rotatable bonds is 8. The molecule has 1 amide bonds. The van der Waals surface area contributed by atoms with Gasteiger partial charge in [0.15, 0.2) is 0 Å². The molecule has 0 aliphatic carbocycles. The van der Waals surface area contributed by atoms with E-state index in [1.54, 1.807) is 0 Å². The van der Waals surface area contributed by atoms with Crippen LogP contribution in [0.1, 0.15) is 51.2 Å². The van der Waals surface area contributed by atoms with Crippen molar-refractivity contribution in [2.24, 2.45) is 5.73 Å². The number of carbonyl (C=O) groups is 1. The van der Waals surface area contributed by atoms with Crippen molar-refractivity contribution in [3.63, 3.8) is 0 Å². The highest BCUT2D eigenvalue weighted by molar-refractivity contribution is 7.80. The van der Waals surface area contributed by atoms with Crippen LogP contribution in [0.4, 0.5) is 0 Å². The minimum absolute atomic E-state index is 0.184. The van der Waals surface area contributed by atoms with Gasteiger partial charge in [0.2, 0.25) is 5.91 Å². The standard InChI is InChI=1S/C17H26N2OS/c1-4-5-6-11-19(13(2)3)16(20)12-14-7-9-15(10-8-14)17(18)21/h7-10,13H,4-6,11-12H2,1-3H3,(H2,18,21). The molecular formula is C17H26N2OS. The third kappa shape index (κ3) is 5.84. The van der Waals surface area contributed by atoms with Crippen molar-refractivity contribution in [3.8, 4) is 0 Å². The summed E-state index contributed by atoms with van der Waals surface area (Å²) in [5.74, 6) is 0.184. The molecule has 0 saturated heterocycles. The van der Waals surface area contributed by atoms with Crippen LogP contribution in [0.15, 0.2) is 24.3 Å². The van der Waals surface area contributed by atoms with Crippen LogP contribution >= 0.6 is 12.2 Å². The van der Waals surface area contributed by atoms with E-state index in [2.05, 4.69) is 20.8 Å². The molecule has 1 aromatic rings. The lowest BCUT2D eigenvalue weighted by atomic mass is 10.1. The van der Waals surface area contributed by atoms with Crippen LogP contribution in [-0.4, -0.2) is 28.4 Å². The first-order chi connectivity index (χ1) is 9.95. The monoisotopic (exact) mass is 306 g/mol. The third-order valence-electron chi connectivity index (χ3n) is 3.54. The number of nitrogens with zero attached hydrogens (tertiary/aromatic N) is 1. The van der Waals surface area contributed by atoms with E-state index in [0.29, 0.717) is 11.4 Å². The van der Waals surface area contributed by atoms with Gasteiger partial charge in [-0.15, -0.1) is 0 Å². The number of benzene rings is 1. The highest BCUT2D eigenvalue weighted by Crippen LogP contribution is 2.10. The number of thiocarbonyl (C=S) groups is 1. The van der Waals surface area contributed by atoms with E-state index < -0.39 is 0 Å². The van der Waals surface area contributed by atoms with Gasteiger partial charge in [-0.25, -0.2) is 0 Å². The second-order valence-electron chi connectivity index (χ2n) is 5.63. The molecule has 0 radical (unpaired) electrons. The molecule has 0 aromatic heterocycles. The lowest BCUT2D eigenvalue weighted by Gasteiger charge is -2.27. The van der Waals surface area contributed by atoms with Crippen molar-refractivity contribution in [1.29, 1.82) is 0 Å². The second-order valence-corrected chi connectivity index (χ2v) is 6.07. The van der Waals surface area contributed by atoms with Gasteiger partial charge in [-0.2, -0.15) is 0 Å². The van der Waals surface area contributed by atoms with E-state index in [1.165, 1.54) is 12.8 Å². The SMILES string of the molecule is CCCCCN(C(=O)Cc1ccc(C(N)=S)cc1)C(C)C. The molecule has 0 heterocycles. The normalized spacial score (nSPS) is 10.7. The highest BCUT2D eigenvalue weighted by Gasteiger charge is 2.16. The Morgan fingerprint density at radius 2 is 1.86 bits per heavy atom. The maximum absolute atomic E-state index is 12.4. The molecule has 0 spiro atoms. The average molecular weight is 306 g/mol. The molecule has 0 bridgehead atoms. The van der Waals surface area contributed by atoms with Gasteiger partial charge in [0.05, 0.1) is 6.42 Å². The van der Waals surface area contributed by atoms with E-state index in [9.17, 15) is 4.79 Å². The van der Waals surface area contributed by atoms with E-state index in [4.69, 9.17) is 18.0 Å². The van der Waals surface area contributed by atoms with Crippen LogP contribution in [-0.2, 0) is 11.2 Å². The van der Waals surface area contributed by atoms with Crippen molar-refractivity contribution in [2.45, 2.75) is 52.5 Å². The summed E-state index contributed by atoms with van der Waals surface area (Å²) in [6.45, 7) is 7.15. The topological polar surface area (TPSA) is 46.3 Å². The summed E-state index contributed by atoms with van der Waals surface area (Å²) in [5.41, 5.74) is 7.42. The van der Waals surface area contributed by atoms with Gasteiger partial charge in [-0.05, 0) is 25.8 Å². The number of nitrogens with two attached hydrogens (primary N) is 1. The van der Waals surface area contributed by atoms with E-state index in [0.717, 1.165) is 24.1 Å². The van der Waals surface area contributed by atoms with Crippen molar-refractivity contribution < 1.29 is 4.79 Å². The lowest BCUT2D eigenvalue weighted by molar-refractivity contribution is -0.132. The first-order valence-corrected chi connectivity index (χ1v) is 8.04. The van der Waals surface area contributed by atoms with E-state index in [-0.39, 0.29) is 11.9 Å². The van der Waals surface area contributed by atoms with Gasteiger partial charge < -0.3 is 10.6 Å². The van der Waals surface area contributed by atoms with E-state index >= 15 is 0 Å². The summed E-state index contributed by atoms with van der Waals surface area (Å²) in [6.07, 6.45) is 3.84. The number of amides is 1. The van der Waals surface area contributed by atoms with Gasteiger partial charge in [0.25, 0.3) is 0 Å². The quantitative estimate of drug-likeness (QED) is 0.592. The minimum Gasteiger partial charge on any atom is -0.389 e. The molecule has 0 fully saturated rings. The maximum atomic E-state index is 12.4. The first-order valence-electron chi connectivity index (χ1n) is 7.64. The summed E-state index contributed by atoms with van der Waals surface area (Å²) < 4.78 is 0. The molecule has 1 rings (SSSR count). The van der Waals surface area contributed by atoms with Gasteiger partial charge in [-0.1, -0.05) is 56.2 Å². The highest BCUT2D eigenvalue weighted by atomic mass is 32.1. The van der Waals surface area contributed by atoms with Crippen LogP contribution in [0, 0.1) is 0 Å². The smallest absolute Gasteiger partial charge is 0.227 e. The number of hydrogen-bond donors (Lipinski definition) is 1. The summed E-state index contributed by atoms with van der Waals surface area (Å²) in [5, 5.41) is 0. The molecule has 116 valence electrons. The molecule has 4 heteroatoms. The van der Waals surface area contributed by atoms with Gasteiger partial charge >= 0.3 is 0 Å². The van der Waals surface area contributed by atoms with Crippen LogP contribution in [0.2, 0.25) is 0 Å². The molecule has 1 aromatic carbocycles. The zero-order valence-electron chi connectivity index (χ0n) is 13.3. The molecule has 0 atom stereocenters. The second kappa shape index (κ2) is 8.78. The summed E-state index contributed by atoms with van der Waals surface area (Å²) in [7, 11) is 0. The Kier molecular flexibility index (Phi) is 7.37. The van der Waals surface area contributed by atoms with Crippen molar-refractivity contribution in [3.05, 3.63) is 35.4 Å². The zero-order chi connectivity index (χ0) is 15.8. The fourth-order valence-electron chi connectivity index (χ4n) is 2.27. The van der Waals surface area contributed by atoms with Crippen molar-refractivity contribution >= 4 is 23.1 Å². The van der Waals surface area contributed by atoms with Crippen LogP contribution < -0.4 is 5.73 Å². The Labute approximate surface area is 133 Å². The van der Waals surface area contributed by atoms with Crippen LogP contribution in [0.3, 0.4) is 0 Å².